The fourth-order valence-electron chi connectivity index (χ4n) is 4.35. The summed E-state index contributed by atoms with van der Waals surface area (Å²) in [5, 5.41) is 10.1. The third-order valence-corrected chi connectivity index (χ3v) is 6.18. The maximum atomic E-state index is 10.1. The van der Waals surface area contributed by atoms with Gasteiger partial charge in [-0.25, -0.2) is 0 Å². The van der Waals surface area contributed by atoms with Crippen molar-refractivity contribution in [1.29, 1.82) is 0 Å². The van der Waals surface area contributed by atoms with Crippen LogP contribution in [0.25, 0.3) is 0 Å². The first-order valence-corrected chi connectivity index (χ1v) is 12.0. The number of aliphatic hydroxyl groups excluding tert-OH is 1. The van der Waals surface area contributed by atoms with Crippen LogP contribution in [0.5, 0.6) is 0 Å². The third-order valence-electron chi connectivity index (χ3n) is 6.18. The van der Waals surface area contributed by atoms with Crippen LogP contribution >= 0.6 is 0 Å². The molecule has 5 atom stereocenters. The second kappa shape index (κ2) is 13.5. The van der Waals surface area contributed by atoms with E-state index in [-0.39, 0.29) is 12.5 Å². The number of aliphatic hydroxyl groups is 1. The van der Waals surface area contributed by atoms with Crippen molar-refractivity contribution in [2.75, 3.05) is 20.3 Å². The van der Waals surface area contributed by atoms with Gasteiger partial charge in [-0.15, -0.1) is 0 Å². The summed E-state index contributed by atoms with van der Waals surface area (Å²) >= 11 is 0. The number of hydrogen-bond acceptors (Lipinski definition) is 6. The molecule has 0 amide bonds. The van der Waals surface area contributed by atoms with Crippen LogP contribution < -0.4 is 0 Å². The van der Waals surface area contributed by atoms with Gasteiger partial charge in [-0.2, -0.15) is 0 Å². The molecule has 1 fully saturated rings. The van der Waals surface area contributed by atoms with Gasteiger partial charge in [0.15, 0.2) is 6.29 Å². The lowest BCUT2D eigenvalue weighted by atomic mass is 9.90. The molecular formula is C29H34O6. The van der Waals surface area contributed by atoms with Crippen molar-refractivity contribution in [2.24, 2.45) is 5.92 Å². The zero-order valence-corrected chi connectivity index (χ0v) is 20.1. The van der Waals surface area contributed by atoms with Crippen molar-refractivity contribution in [3.63, 3.8) is 0 Å². The molecule has 186 valence electrons. The number of ether oxygens (including phenoxy) is 5. The molecule has 0 aliphatic carbocycles. The summed E-state index contributed by atoms with van der Waals surface area (Å²) in [6.07, 6.45) is -2.10. The largest absolute Gasteiger partial charge is 0.394 e. The molecule has 0 radical (unpaired) electrons. The predicted octanol–water partition coefficient (Wildman–Crippen LogP) is 4.35. The molecule has 0 spiro atoms. The third kappa shape index (κ3) is 7.21. The molecular weight excluding hydrogens is 444 g/mol. The van der Waals surface area contributed by atoms with E-state index in [1.165, 1.54) is 0 Å². The quantitative estimate of drug-likeness (QED) is 0.417. The molecule has 6 nitrogen and oxygen atoms in total. The van der Waals surface area contributed by atoms with Crippen LogP contribution in [0, 0.1) is 5.92 Å². The first-order valence-electron chi connectivity index (χ1n) is 12.0. The van der Waals surface area contributed by atoms with Crippen molar-refractivity contribution in [1.82, 2.24) is 0 Å². The van der Waals surface area contributed by atoms with Gasteiger partial charge in [-0.3, -0.25) is 0 Å². The fourth-order valence-corrected chi connectivity index (χ4v) is 4.35. The molecule has 0 unspecified atom stereocenters. The van der Waals surface area contributed by atoms with E-state index in [9.17, 15) is 5.11 Å². The van der Waals surface area contributed by atoms with Gasteiger partial charge in [0.05, 0.1) is 45.1 Å². The second-order valence-corrected chi connectivity index (χ2v) is 8.65. The Kier molecular flexibility index (Phi) is 9.84. The van der Waals surface area contributed by atoms with E-state index in [1.807, 2.05) is 91.0 Å². The summed E-state index contributed by atoms with van der Waals surface area (Å²) in [6.45, 7) is 1.41. The highest BCUT2D eigenvalue weighted by Gasteiger charge is 2.47. The monoisotopic (exact) mass is 478 g/mol. The zero-order chi connectivity index (χ0) is 24.3. The normalized spacial score (nSPS) is 24.3. The first-order chi connectivity index (χ1) is 17.3. The van der Waals surface area contributed by atoms with Gasteiger partial charge in [0, 0.05) is 7.11 Å². The van der Waals surface area contributed by atoms with Gasteiger partial charge < -0.3 is 28.8 Å². The predicted molar refractivity (Wildman–Crippen MR) is 132 cm³/mol. The molecule has 0 bridgehead atoms. The minimum Gasteiger partial charge on any atom is -0.394 e. The average molecular weight is 479 g/mol. The highest BCUT2D eigenvalue weighted by Crippen LogP contribution is 2.32. The standard InChI is InChI=1S/C29H34O6/c1-31-29-25(21-32-18-22-11-5-2-6-12-22)27(33-19-23-13-7-3-8-14-23)28(26(17-30)35-29)34-20-24-15-9-4-10-16-24/h2-16,25-30H,17-21H2,1H3/t25-,26-,27-,28-,29+/m1/s1. The van der Waals surface area contributed by atoms with Gasteiger partial charge in [-0.05, 0) is 16.7 Å². The van der Waals surface area contributed by atoms with Gasteiger partial charge >= 0.3 is 0 Å². The Morgan fingerprint density at radius 1 is 0.686 bits per heavy atom. The Morgan fingerprint density at radius 2 is 1.17 bits per heavy atom. The van der Waals surface area contributed by atoms with Gasteiger partial charge in [0.2, 0.25) is 0 Å². The topological polar surface area (TPSA) is 66.4 Å². The SMILES string of the molecule is CO[C@H]1O[C@H](CO)[C@@H](OCc2ccccc2)[C@H](OCc2ccccc2)[C@H]1COCc1ccccc1. The smallest absolute Gasteiger partial charge is 0.165 e. The molecule has 1 heterocycles. The molecule has 4 rings (SSSR count). The number of benzene rings is 3. The van der Waals surface area contributed by atoms with E-state index in [1.54, 1.807) is 7.11 Å². The summed E-state index contributed by atoms with van der Waals surface area (Å²) < 4.78 is 30.7. The maximum absolute atomic E-state index is 10.1. The Balaban J connectivity index is 1.52. The maximum Gasteiger partial charge on any atom is 0.165 e. The van der Waals surface area contributed by atoms with Crippen LogP contribution in [0.2, 0.25) is 0 Å². The molecule has 1 saturated heterocycles. The van der Waals surface area contributed by atoms with Crippen molar-refractivity contribution in [3.8, 4) is 0 Å². The van der Waals surface area contributed by atoms with E-state index in [0.717, 1.165) is 16.7 Å². The lowest BCUT2D eigenvalue weighted by Crippen LogP contribution is -2.59. The molecule has 1 aliphatic rings. The summed E-state index contributed by atoms with van der Waals surface area (Å²) in [5.41, 5.74) is 3.18. The van der Waals surface area contributed by atoms with Crippen molar-refractivity contribution in [3.05, 3.63) is 108 Å². The van der Waals surface area contributed by atoms with Crippen LogP contribution in [-0.4, -0.2) is 50.0 Å². The minimum atomic E-state index is -0.597. The zero-order valence-electron chi connectivity index (χ0n) is 20.1. The van der Waals surface area contributed by atoms with Crippen LogP contribution in [-0.2, 0) is 43.5 Å². The van der Waals surface area contributed by atoms with Crippen molar-refractivity contribution >= 4 is 0 Å². The summed E-state index contributed by atoms with van der Waals surface area (Å²) in [6, 6.07) is 30.0. The summed E-state index contributed by atoms with van der Waals surface area (Å²) in [5.74, 6) is -0.254. The lowest BCUT2D eigenvalue weighted by molar-refractivity contribution is -0.303. The summed E-state index contributed by atoms with van der Waals surface area (Å²) in [4.78, 5) is 0. The number of rotatable bonds is 12. The molecule has 3 aromatic rings. The van der Waals surface area contributed by atoms with Crippen LogP contribution in [0.3, 0.4) is 0 Å². The first kappa shape index (κ1) is 25.5. The highest BCUT2D eigenvalue weighted by atomic mass is 16.7. The minimum absolute atomic E-state index is 0.206. The van der Waals surface area contributed by atoms with Crippen molar-refractivity contribution in [2.45, 2.75) is 44.4 Å². The van der Waals surface area contributed by atoms with E-state index in [4.69, 9.17) is 23.7 Å². The van der Waals surface area contributed by atoms with Gasteiger partial charge in [-0.1, -0.05) is 91.0 Å². The second-order valence-electron chi connectivity index (χ2n) is 8.65. The molecule has 35 heavy (non-hydrogen) atoms. The molecule has 1 aliphatic heterocycles. The summed E-state index contributed by atoms with van der Waals surface area (Å²) in [7, 11) is 1.60. The van der Waals surface area contributed by atoms with Crippen LogP contribution in [0.15, 0.2) is 91.0 Å². The van der Waals surface area contributed by atoms with Gasteiger partial charge in [0.25, 0.3) is 0 Å². The van der Waals surface area contributed by atoms with Crippen LogP contribution in [0.1, 0.15) is 16.7 Å². The van der Waals surface area contributed by atoms with Crippen LogP contribution in [0.4, 0.5) is 0 Å². The van der Waals surface area contributed by atoms with Crippen molar-refractivity contribution < 1.29 is 28.8 Å². The molecule has 3 aromatic carbocycles. The van der Waals surface area contributed by atoms with E-state index >= 15 is 0 Å². The molecule has 0 aromatic heterocycles. The fraction of sp³-hybridized carbons (Fsp3) is 0.379. The van der Waals surface area contributed by atoms with Gasteiger partial charge in [0.1, 0.15) is 12.2 Å². The lowest BCUT2D eigenvalue weighted by Gasteiger charge is -2.45. The molecule has 0 saturated carbocycles. The Labute approximate surface area is 207 Å². The Bertz CT molecular complexity index is 968. The molecule has 6 heteroatoms. The molecule has 1 N–H and O–H groups in total. The highest BCUT2D eigenvalue weighted by molar-refractivity contribution is 5.15. The average Bonchev–Trinajstić information content (AvgIpc) is 2.92. The van der Waals surface area contributed by atoms with E-state index in [0.29, 0.717) is 26.4 Å². The Morgan fingerprint density at radius 3 is 1.66 bits per heavy atom. The number of hydrogen-bond donors (Lipinski definition) is 1. The Hall–Kier alpha value is -2.58. The number of methoxy groups -OCH3 is 1. The van der Waals surface area contributed by atoms with E-state index < -0.39 is 24.6 Å². The van der Waals surface area contributed by atoms with E-state index in [2.05, 4.69) is 0 Å².